The summed E-state index contributed by atoms with van der Waals surface area (Å²) in [5.41, 5.74) is 1.24. The highest BCUT2D eigenvalue weighted by Gasteiger charge is 2.25. The molecule has 0 radical (unpaired) electrons. The van der Waals surface area contributed by atoms with Gasteiger partial charge in [0.2, 0.25) is 5.88 Å². The Morgan fingerprint density at radius 1 is 1.06 bits per heavy atom. The van der Waals surface area contributed by atoms with Crippen LogP contribution in [0, 0.1) is 5.92 Å². The summed E-state index contributed by atoms with van der Waals surface area (Å²) in [7, 11) is 0. The van der Waals surface area contributed by atoms with Gasteiger partial charge in [-0.15, -0.1) is 0 Å². The standard InChI is InChI=1S/C27H26ClN5O3/c1-16(34)13-17-7-9-18(10-8-17)32-27-23-21(14-29-26(23)30-15-31-27)24(35)20-11-12-22(33-25(20)28)36-19-5-3-2-4-6-19/h2-6,11-12,14-15,17-18H,7-10,13H2,1H3,(H2,29,30,31,32). The molecule has 0 spiro atoms. The molecule has 5 rings (SSSR count). The zero-order valence-corrected chi connectivity index (χ0v) is 20.6. The lowest BCUT2D eigenvalue weighted by Crippen LogP contribution is -2.27. The quantitative estimate of drug-likeness (QED) is 0.225. The van der Waals surface area contributed by atoms with E-state index in [4.69, 9.17) is 16.3 Å². The Bertz CT molecular complexity index is 1400. The molecule has 0 atom stereocenters. The van der Waals surface area contributed by atoms with E-state index in [-0.39, 0.29) is 28.3 Å². The fourth-order valence-electron chi connectivity index (χ4n) is 4.76. The third kappa shape index (κ3) is 5.23. The number of H-pyrrole nitrogens is 1. The smallest absolute Gasteiger partial charge is 0.220 e. The van der Waals surface area contributed by atoms with E-state index in [1.807, 2.05) is 30.3 Å². The lowest BCUT2D eigenvalue weighted by molar-refractivity contribution is -0.118. The van der Waals surface area contributed by atoms with Crippen molar-refractivity contribution in [1.82, 2.24) is 19.9 Å². The molecule has 1 aliphatic rings. The third-order valence-corrected chi connectivity index (χ3v) is 6.80. The minimum absolute atomic E-state index is 0.0536. The largest absolute Gasteiger partial charge is 0.439 e. The van der Waals surface area contributed by atoms with E-state index >= 15 is 0 Å². The van der Waals surface area contributed by atoms with Gasteiger partial charge in [-0.1, -0.05) is 29.8 Å². The molecule has 9 heteroatoms. The van der Waals surface area contributed by atoms with Gasteiger partial charge in [-0.2, -0.15) is 0 Å². The first-order valence-electron chi connectivity index (χ1n) is 12.0. The highest BCUT2D eigenvalue weighted by atomic mass is 35.5. The van der Waals surface area contributed by atoms with Gasteiger partial charge in [0.25, 0.3) is 0 Å². The van der Waals surface area contributed by atoms with Crippen LogP contribution in [0.15, 0.2) is 55.0 Å². The van der Waals surface area contributed by atoms with E-state index in [1.165, 1.54) is 6.33 Å². The van der Waals surface area contributed by atoms with E-state index in [0.29, 0.717) is 46.4 Å². The summed E-state index contributed by atoms with van der Waals surface area (Å²) in [5, 5.41) is 4.18. The van der Waals surface area contributed by atoms with Gasteiger partial charge in [-0.05, 0) is 56.7 Å². The Balaban J connectivity index is 1.36. The molecule has 1 fully saturated rings. The predicted molar refractivity (Wildman–Crippen MR) is 138 cm³/mol. The Morgan fingerprint density at radius 3 is 2.56 bits per heavy atom. The molecule has 0 amide bonds. The van der Waals surface area contributed by atoms with E-state index in [1.54, 1.807) is 25.3 Å². The topological polar surface area (TPSA) is 110 Å². The molecule has 8 nitrogen and oxygen atoms in total. The van der Waals surface area contributed by atoms with Crippen LogP contribution in [0.25, 0.3) is 11.0 Å². The van der Waals surface area contributed by atoms with E-state index in [9.17, 15) is 9.59 Å². The number of carbonyl (C=O) groups is 2. The summed E-state index contributed by atoms with van der Waals surface area (Å²) in [6, 6.07) is 12.7. The SMILES string of the molecule is CC(=O)CC1CCC(Nc2ncnc3[nH]cc(C(=O)c4ccc(Oc5ccccc5)nc4Cl)c23)CC1. The molecule has 36 heavy (non-hydrogen) atoms. The fraction of sp³-hybridized carbons (Fsp3) is 0.296. The zero-order valence-electron chi connectivity index (χ0n) is 19.8. The van der Waals surface area contributed by atoms with Crippen molar-refractivity contribution in [3.05, 3.63) is 71.3 Å². The summed E-state index contributed by atoms with van der Waals surface area (Å²) < 4.78 is 5.73. The molecule has 1 aromatic carbocycles. The number of aromatic nitrogens is 4. The number of Topliss-reactive ketones (excluding diaryl/α,β-unsaturated/α-hetero) is 1. The fourth-order valence-corrected chi connectivity index (χ4v) is 4.99. The molecule has 0 aliphatic heterocycles. The molecule has 2 N–H and O–H groups in total. The molecule has 1 saturated carbocycles. The summed E-state index contributed by atoms with van der Waals surface area (Å²) in [5.74, 6) is 1.93. The number of nitrogens with zero attached hydrogens (tertiary/aromatic N) is 3. The van der Waals surface area contributed by atoms with Gasteiger partial charge in [0.15, 0.2) is 5.78 Å². The van der Waals surface area contributed by atoms with E-state index in [2.05, 4.69) is 25.3 Å². The van der Waals surface area contributed by atoms with Gasteiger partial charge >= 0.3 is 0 Å². The maximum absolute atomic E-state index is 13.5. The van der Waals surface area contributed by atoms with Crippen molar-refractivity contribution >= 4 is 40.0 Å². The second-order valence-corrected chi connectivity index (χ2v) is 9.51. The van der Waals surface area contributed by atoms with Gasteiger partial charge in [0.1, 0.15) is 34.5 Å². The zero-order chi connectivity index (χ0) is 25.1. The average molecular weight is 504 g/mol. The van der Waals surface area contributed by atoms with Crippen molar-refractivity contribution in [3.8, 4) is 11.6 Å². The first-order valence-corrected chi connectivity index (χ1v) is 12.4. The van der Waals surface area contributed by atoms with Crippen LogP contribution in [-0.4, -0.2) is 37.5 Å². The Labute approximate surface area is 213 Å². The molecule has 4 aromatic rings. The number of rotatable bonds is 8. The van der Waals surface area contributed by atoms with Crippen LogP contribution in [0.4, 0.5) is 5.82 Å². The van der Waals surface area contributed by atoms with Crippen molar-refractivity contribution in [2.24, 2.45) is 5.92 Å². The summed E-state index contributed by atoms with van der Waals surface area (Å²) in [6.07, 6.45) is 7.60. The van der Waals surface area contributed by atoms with Gasteiger partial charge in [0, 0.05) is 24.7 Å². The lowest BCUT2D eigenvalue weighted by atomic mass is 9.83. The van der Waals surface area contributed by atoms with E-state index in [0.717, 1.165) is 25.7 Å². The number of anilines is 1. The van der Waals surface area contributed by atoms with Crippen LogP contribution >= 0.6 is 11.6 Å². The first-order chi connectivity index (χ1) is 17.5. The number of hydrogen-bond donors (Lipinski definition) is 2. The van der Waals surface area contributed by atoms with E-state index < -0.39 is 0 Å². The average Bonchev–Trinajstić information content (AvgIpc) is 3.31. The highest BCUT2D eigenvalue weighted by molar-refractivity contribution is 6.34. The lowest BCUT2D eigenvalue weighted by Gasteiger charge is -2.29. The number of ether oxygens (including phenoxy) is 1. The molecule has 3 aromatic heterocycles. The van der Waals surface area contributed by atoms with Gasteiger partial charge in [-0.25, -0.2) is 15.0 Å². The van der Waals surface area contributed by atoms with Crippen LogP contribution < -0.4 is 10.1 Å². The van der Waals surface area contributed by atoms with Crippen LogP contribution in [0.2, 0.25) is 5.15 Å². The molecule has 0 saturated heterocycles. The Kier molecular flexibility index (Phi) is 6.95. The number of pyridine rings is 1. The molecule has 1 aliphatic carbocycles. The second-order valence-electron chi connectivity index (χ2n) is 9.15. The maximum atomic E-state index is 13.5. The summed E-state index contributed by atoms with van der Waals surface area (Å²) in [6.45, 7) is 1.65. The molecule has 3 heterocycles. The second kappa shape index (κ2) is 10.5. The molecule has 0 unspecified atom stereocenters. The van der Waals surface area contributed by atoms with Gasteiger partial charge in [-0.3, -0.25) is 4.79 Å². The number of nitrogens with one attached hydrogen (secondary N) is 2. The van der Waals surface area contributed by atoms with Gasteiger partial charge in [0.05, 0.1) is 16.5 Å². The minimum Gasteiger partial charge on any atom is -0.439 e. The Morgan fingerprint density at radius 2 is 1.83 bits per heavy atom. The summed E-state index contributed by atoms with van der Waals surface area (Å²) >= 11 is 6.41. The van der Waals surface area contributed by atoms with Crippen molar-refractivity contribution < 1.29 is 14.3 Å². The number of carbonyl (C=O) groups excluding carboxylic acids is 2. The number of para-hydroxylation sites is 1. The number of benzene rings is 1. The molecule has 0 bridgehead atoms. The molecular formula is C27H26ClN5O3. The van der Waals surface area contributed by atoms with Crippen LogP contribution in [0.5, 0.6) is 11.6 Å². The molecule has 184 valence electrons. The highest BCUT2D eigenvalue weighted by Crippen LogP contribution is 2.32. The van der Waals surface area contributed by atoms with Crippen molar-refractivity contribution in [1.29, 1.82) is 0 Å². The van der Waals surface area contributed by atoms with Crippen LogP contribution in [0.1, 0.15) is 54.9 Å². The Hall–Kier alpha value is -3.78. The van der Waals surface area contributed by atoms with Crippen molar-refractivity contribution in [2.75, 3.05) is 5.32 Å². The third-order valence-electron chi connectivity index (χ3n) is 6.51. The summed E-state index contributed by atoms with van der Waals surface area (Å²) in [4.78, 5) is 41.0. The number of hydrogen-bond acceptors (Lipinski definition) is 7. The van der Waals surface area contributed by atoms with Crippen molar-refractivity contribution in [2.45, 2.75) is 45.1 Å². The number of aromatic amines is 1. The van der Waals surface area contributed by atoms with Crippen LogP contribution in [-0.2, 0) is 4.79 Å². The number of fused-ring (bicyclic) bond motifs is 1. The number of ketones is 2. The van der Waals surface area contributed by atoms with Crippen LogP contribution in [0.3, 0.4) is 0 Å². The number of halogens is 1. The first kappa shape index (κ1) is 23.9. The van der Waals surface area contributed by atoms with Gasteiger partial charge < -0.3 is 19.8 Å². The monoisotopic (exact) mass is 503 g/mol. The van der Waals surface area contributed by atoms with Crippen molar-refractivity contribution in [3.63, 3.8) is 0 Å². The molecular weight excluding hydrogens is 478 g/mol. The maximum Gasteiger partial charge on any atom is 0.220 e. The predicted octanol–water partition coefficient (Wildman–Crippen LogP) is 5.98. The normalized spacial score (nSPS) is 17.6. The minimum atomic E-state index is -0.284.